The Bertz CT molecular complexity index is 134. The van der Waals surface area contributed by atoms with Gasteiger partial charge in [-0.15, -0.1) is 0 Å². The number of nitrogens with zero attached hydrogens (tertiary/aromatic N) is 2. The summed E-state index contributed by atoms with van der Waals surface area (Å²) in [7, 11) is 11.5. The van der Waals surface area contributed by atoms with E-state index in [2.05, 4.69) is 42.2 Å². The average Bonchev–Trinajstić information content (AvgIpc) is 1.82. The topological polar surface area (TPSA) is 0 Å². The van der Waals surface area contributed by atoms with Crippen molar-refractivity contribution in [3.05, 3.63) is 0 Å². The number of quaternary nitrogens is 2. The van der Waals surface area contributed by atoms with Gasteiger partial charge in [-0.2, -0.15) is 0 Å². The molecule has 0 aliphatic heterocycles. The van der Waals surface area contributed by atoms with Gasteiger partial charge in [-0.1, -0.05) is 6.92 Å². The maximum Gasteiger partial charge on any atom is 0.0836 e. The summed E-state index contributed by atoms with van der Waals surface area (Å²) < 4.78 is 2.27. The summed E-state index contributed by atoms with van der Waals surface area (Å²) in [5, 5.41) is 0. The SMILES string of the molecule is CCC[N+](C)(C)CCC[N+](C)(C)C. The van der Waals surface area contributed by atoms with Gasteiger partial charge in [-0.25, -0.2) is 0 Å². The highest BCUT2D eigenvalue weighted by atomic mass is 15.3. The van der Waals surface area contributed by atoms with Gasteiger partial charge < -0.3 is 8.97 Å². The Morgan fingerprint density at radius 3 is 1.69 bits per heavy atom. The fourth-order valence-electron chi connectivity index (χ4n) is 1.69. The lowest BCUT2D eigenvalue weighted by Crippen LogP contribution is -2.44. The van der Waals surface area contributed by atoms with E-state index in [1.165, 1.54) is 37.0 Å². The van der Waals surface area contributed by atoms with Gasteiger partial charge in [0.25, 0.3) is 0 Å². The largest absolute Gasteiger partial charge is 0.331 e. The van der Waals surface area contributed by atoms with Gasteiger partial charge in [0, 0.05) is 6.42 Å². The Kier molecular flexibility index (Phi) is 4.93. The van der Waals surface area contributed by atoms with E-state index in [4.69, 9.17) is 0 Å². The van der Waals surface area contributed by atoms with Gasteiger partial charge in [-0.3, -0.25) is 0 Å². The fourth-order valence-corrected chi connectivity index (χ4v) is 1.69. The average molecular weight is 188 g/mol. The van der Waals surface area contributed by atoms with Gasteiger partial charge in [0.05, 0.1) is 54.9 Å². The molecular formula is C11H28N2+2. The molecule has 0 saturated heterocycles. The van der Waals surface area contributed by atoms with Crippen LogP contribution in [0.4, 0.5) is 0 Å². The second kappa shape index (κ2) is 4.97. The lowest BCUT2D eigenvalue weighted by molar-refractivity contribution is -0.902. The van der Waals surface area contributed by atoms with Crippen molar-refractivity contribution in [2.45, 2.75) is 19.8 Å². The Hall–Kier alpha value is -0.0800. The van der Waals surface area contributed by atoms with E-state index in [9.17, 15) is 0 Å². The first-order valence-electron chi connectivity index (χ1n) is 5.39. The van der Waals surface area contributed by atoms with Crippen molar-refractivity contribution in [3.8, 4) is 0 Å². The van der Waals surface area contributed by atoms with E-state index in [1.54, 1.807) is 0 Å². The first-order chi connectivity index (χ1) is 5.77. The Labute approximate surface area is 84.3 Å². The van der Waals surface area contributed by atoms with Crippen molar-refractivity contribution >= 4 is 0 Å². The molecule has 0 aromatic carbocycles. The predicted molar refractivity (Wildman–Crippen MR) is 59.6 cm³/mol. The Morgan fingerprint density at radius 2 is 1.31 bits per heavy atom. The van der Waals surface area contributed by atoms with Crippen LogP contribution in [0.1, 0.15) is 19.8 Å². The Morgan fingerprint density at radius 1 is 0.769 bits per heavy atom. The number of rotatable bonds is 6. The fraction of sp³-hybridized carbons (Fsp3) is 1.00. The van der Waals surface area contributed by atoms with Gasteiger partial charge in [0.2, 0.25) is 0 Å². The summed E-state index contributed by atoms with van der Waals surface area (Å²) >= 11 is 0. The molecule has 0 fully saturated rings. The minimum absolute atomic E-state index is 1.09. The van der Waals surface area contributed by atoms with Crippen LogP contribution in [-0.4, -0.2) is 63.8 Å². The second-order valence-corrected chi connectivity index (χ2v) is 5.75. The third kappa shape index (κ3) is 8.26. The molecule has 2 heteroatoms. The second-order valence-electron chi connectivity index (χ2n) is 5.75. The van der Waals surface area contributed by atoms with E-state index in [0.717, 1.165) is 4.48 Å². The van der Waals surface area contributed by atoms with Crippen LogP contribution in [0.5, 0.6) is 0 Å². The molecule has 0 unspecified atom stereocenters. The molecule has 0 atom stereocenters. The molecule has 0 N–H and O–H groups in total. The Balaban J connectivity index is 3.63. The van der Waals surface area contributed by atoms with Gasteiger partial charge in [0.1, 0.15) is 0 Å². The van der Waals surface area contributed by atoms with Gasteiger partial charge >= 0.3 is 0 Å². The summed E-state index contributed by atoms with van der Waals surface area (Å²) in [6.07, 6.45) is 2.62. The highest BCUT2D eigenvalue weighted by Gasteiger charge is 2.15. The molecule has 0 heterocycles. The zero-order chi connectivity index (χ0) is 10.5. The third-order valence-electron chi connectivity index (χ3n) is 2.42. The maximum atomic E-state index is 2.33. The molecule has 0 amide bonds. The van der Waals surface area contributed by atoms with Crippen molar-refractivity contribution in [2.75, 3.05) is 54.9 Å². The maximum absolute atomic E-state index is 2.33. The summed E-state index contributed by atoms with van der Waals surface area (Å²) in [5.74, 6) is 0. The van der Waals surface area contributed by atoms with E-state index < -0.39 is 0 Å². The van der Waals surface area contributed by atoms with Crippen LogP contribution in [0.3, 0.4) is 0 Å². The van der Waals surface area contributed by atoms with Crippen LogP contribution in [0.15, 0.2) is 0 Å². The van der Waals surface area contributed by atoms with Crippen LogP contribution in [0, 0.1) is 0 Å². The van der Waals surface area contributed by atoms with Crippen molar-refractivity contribution in [1.82, 2.24) is 0 Å². The van der Waals surface area contributed by atoms with Crippen LogP contribution >= 0.6 is 0 Å². The third-order valence-corrected chi connectivity index (χ3v) is 2.42. The molecule has 0 aliphatic rings. The molecule has 0 aliphatic carbocycles. The molecule has 0 bridgehead atoms. The lowest BCUT2D eigenvalue weighted by Gasteiger charge is -2.31. The van der Waals surface area contributed by atoms with E-state index in [-0.39, 0.29) is 0 Å². The van der Waals surface area contributed by atoms with E-state index >= 15 is 0 Å². The molecule has 80 valence electrons. The van der Waals surface area contributed by atoms with Crippen LogP contribution < -0.4 is 0 Å². The molecular weight excluding hydrogens is 160 g/mol. The van der Waals surface area contributed by atoms with Crippen LogP contribution in [-0.2, 0) is 0 Å². The minimum Gasteiger partial charge on any atom is -0.331 e. The van der Waals surface area contributed by atoms with Crippen molar-refractivity contribution in [3.63, 3.8) is 0 Å². The van der Waals surface area contributed by atoms with Gasteiger partial charge in [0.15, 0.2) is 0 Å². The van der Waals surface area contributed by atoms with Crippen molar-refractivity contribution in [1.29, 1.82) is 0 Å². The summed E-state index contributed by atoms with van der Waals surface area (Å²) in [6.45, 7) is 6.16. The van der Waals surface area contributed by atoms with E-state index in [1.807, 2.05) is 0 Å². The zero-order valence-corrected chi connectivity index (χ0v) is 10.4. The van der Waals surface area contributed by atoms with Crippen molar-refractivity contribution in [2.24, 2.45) is 0 Å². The molecule has 0 spiro atoms. The monoisotopic (exact) mass is 188 g/mol. The van der Waals surface area contributed by atoms with E-state index in [0.29, 0.717) is 0 Å². The minimum atomic E-state index is 1.09. The smallest absolute Gasteiger partial charge is 0.0836 e. The lowest BCUT2D eigenvalue weighted by atomic mass is 10.3. The van der Waals surface area contributed by atoms with Crippen LogP contribution in [0.25, 0.3) is 0 Å². The first-order valence-corrected chi connectivity index (χ1v) is 5.39. The molecule has 0 rings (SSSR count). The molecule has 0 aromatic rings. The number of hydrogen-bond donors (Lipinski definition) is 0. The zero-order valence-electron chi connectivity index (χ0n) is 10.4. The van der Waals surface area contributed by atoms with Crippen molar-refractivity contribution < 1.29 is 8.97 Å². The molecule has 0 saturated carbocycles. The molecule has 2 nitrogen and oxygen atoms in total. The quantitative estimate of drug-likeness (QED) is 0.555. The molecule has 13 heavy (non-hydrogen) atoms. The molecule has 0 radical (unpaired) electrons. The summed E-state index contributed by atoms with van der Waals surface area (Å²) in [6, 6.07) is 0. The first kappa shape index (κ1) is 12.9. The number of hydrogen-bond acceptors (Lipinski definition) is 0. The van der Waals surface area contributed by atoms with Gasteiger partial charge in [-0.05, 0) is 6.42 Å². The highest BCUT2D eigenvalue weighted by molar-refractivity contribution is 4.37. The van der Waals surface area contributed by atoms with Crippen LogP contribution in [0.2, 0.25) is 0 Å². The summed E-state index contributed by atoms with van der Waals surface area (Å²) in [4.78, 5) is 0. The molecule has 0 aromatic heterocycles. The standard InChI is InChI=1S/C11H28N2/c1-7-9-13(5,6)11-8-10-12(2,3)4/h7-11H2,1-6H3/q+2. The predicted octanol–water partition coefficient (Wildman–Crippen LogP) is 1.57. The summed E-state index contributed by atoms with van der Waals surface area (Å²) in [5.41, 5.74) is 0. The highest BCUT2D eigenvalue weighted by Crippen LogP contribution is 2.03. The normalized spacial score (nSPS) is 13.4.